The highest BCUT2D eigenvalue weighted by Crippen LogP contribution is 2.29. The second kappa shape index (κ2) is 8.17. The van der Waals surface area contributed by atoms with Crippen molar-refractivity contribution in [1.82, 2.24) is 4.90 Å². The van der Waals surface area contributed by atoms with Crippen LogP contribution >= 0.6 is 0 Å². The van der Waals surface area contributed by atoms with Crippen molar-refractivity contribution in [3.05, 3.63) is 59.3 Å². The van der Waals surface area contributed by atoms with E-state index in [0.717, 1.165) is 18.4 Å². The lowest BCUT2D eigenvalue weighted by atomic mass is 10.1. The molecule has 0 N–H and O–H groups in total. The van der Waals surface area contributed by atoms with Gasteiger partial charge in [-0.25, -0.2) is 9.18 Å². The van der Waals surface area contributed by atoms with E-state index >= 15 is 0 Å². The average molecular weight is 387 g/mol. The number of halogens is 1. The minimum atomic E-state index is -0.565. The van der Waals surface area contributed by atoms with Crippen LogP contribution in [0.25, 0.3) is 0 Å². The van der Waals surface area contributed by atoms with Crippen LogP contribution in [0, 0.1) is 5.82 Å². The Morgan fingerprint density at radius 2 is 1.82 bits per heavy atom. The standard InChI is InChI=1S/C22H26FNO4/c1-22(2,3)28-21(26)24(17-8-9-17)13-12-19(25)20-11-10-18(27-20)14-15-4-6-16(23)7-5-15/h4-7,10-11,17H,8-9,12-14H2,1-3H3. The van der Waals surface area contributed by atoms with Crippen molar-refractivity contribution < 1.29 is 23.1 Å². The topological polar surface area (TPSA) is 59.8 Å². The first kappa shape index (κ1) is 20.1. The molecule has 0 saturated heterocycles. The zero-order chi connectivity index (χ0) is 20.3. The van der Waals surface area contributed by atoms with Gasteiger partial charge in [-0.1, -0.05) is 12.1 Å². The monoisotopic (exact) mass is 387 g/mol. The van der Waals surface area contributed by atoms with Gasteiger partial charge in [0.2, 0.25) is 0 Å². The normalized spacial score (nSPS) is 14.0. The van der Waals surface area contributed by atoms with E-state index in [1.807, 2.05) is 20.8 Å². The zero-order valence-corrected chi connectivity index (χ0v) is 16.5. The average Bonchev–Trinajstić information content (AvgIpc) is 3.33. The summed E-state index contributed by atoms with van der Waals surface area (Å²) in [6.07, 6.45) is 2.17. The number of hydrogen-bond acceptors (Lipinski definition) is 4. The second-order valence-corrected chi connectivity index (χ2v) is 8.15. The SMILES string of the molecule is CC(C)(C)OC(=O)N(CCC(=O)c1ccc(Cc2ccc(F)cc2)o1)C1CC1. The smallest absolute Gasteiger partial charge is 0.410 e. The minimum Gasteiger partial charge on any atom is -0.458 e. The van der Waals surface area contributed by atoms with Crippen molar-refractivity contribution >= 4 is 11.9 Å². The molecule has 0 bridgehead atoms. The van der Waals surface area contributed by atoms with E-state index in [-0.39, 0.29) is 35.9 Å². The highest BCUT2D eigenvalue weighted by Gasteiger charge is 2.35. The van der Waals surface area contributed by atoms with Crippen molar-refractivity contribution in [3.8, 4) is 0 Å². The van der Waals surface area contributed by atoms with E-state index in [4.69, 9.17) is 9.15 Å². The fourth-order valence-electron chi connectivity index (χ4n) is 2.90. The van der Waals surface area contributed by atoms with Crippen LogP contribution in [0.4, 0.5) is 9.18 Å². The molecule has 1 heterocycles. The molecule has 1 amide bonds. The van der Waals surface area contributed by atoms with E-state index in [0.29, 0.717) is 18.7 Å². The predicted molar refractivity (Wildman–Crippen MR) is 103 cm³/mol. The van der Waals surface area contributed by atoms with Gasteiger partial charge >= 0.3 is 6.09 Å². The van der Waals surface area contributed by atoms with Crippen LogP contribution in [0.15, 0.2) is 40.8 Å². The van der Waals surface area contributed by atoms with Gasteiger partial charge in [0.05, 0.1) is 0 Å². The molecule has 1 fully saturated rings. The first-order chi connectivity index (χ1) is 13.2. The van der Waals surface area contributed by atoms with Crippen LogP contribution in [-0.2, 0) is 11.2 Å². The highest BCUT2D eigenvalue weighted by atomic mass is 19.1. The van der Waals surface area contributed by atoms with Crippen LogP contribution in [-0.4, -0.2) is 35.0 Å². The molecule has 6 heteroatoms. The summed E-state index contributed by atoms with van der Waals surface area (Å²) in [6, 6.07) is 9.73. The van der Waals surface area contributed by atoms with Gasteiger partial charge in [0, 0.05) is 25.4 Å². The molecule has 1 saturated carbocycles. The lowest BCUT2D eigenvalue weighted by Crippen LogP contribution is -2.39. The van der Waals surface area contributed by atoms with Gasteiger partial charge in [0.15, 0.2) is 11.5 Å². The number of ether oxygens (including phenoxy) is 1. The quantitative estimate of drug-likeness (QED) is 0.629. The Bertz CT molecular complexity index is 831. The van der Waals surface area contributed by atoms with Gasteiger partial charge < -0.3 is 14.1 Å². The van der Waals surface area contributed by atoms with Gasteiger partial charge in [0.1, 0.15) is 17.2 Å². The molecule has 1 aliphatic rings. The maximum Gasteiger partial charge on any atom is 0.410 e. The molecule has 0 radical (unpaired) electrons. The lowest BCUT2D eigenvalue weighted by Gasteiger charge is -2.27. The third-order valence-corrected chi connectivity index (χ3v) is 4.42. The molecule has 0 spiro atoms. The van der Waals surface area contributed by atoms with Gasteiger partial charge in [0.25, 0.3) is 0 Å². The number of nitrogens with zero attached hydrogens (tertiary/aromatic N) is 1. The molecule has 150 valence electrons. The van der Waals surface area contributed by atoms with Gasteiger partial charge in [-0.15, -0.1) is 0 Å². The molecule has 3 rings (SSSR count). The van der Waals surface area contributed by atoms with Gasteiger partial charge in [-0.3, -0.25) is 4.79 Å². The summed E-state index contributed by atoms with van der Waals surface area (Å²) in [7, 11) is 0. The number of amides is 1. The Morgan fingerprint density at radius 3 is 2.43 bits per heavy atom. The van der Waals surface area contributed by atoms with Crippen molar-refractivity contribution in [2.45, 2.75) is 58.1 Å². The third-order valence-electron chi connectivity index (χ3n) is 4.42. The molecule has 28 heavy (non-hydrogen) atoms. The van der Waals surface area contributed by atoms with Crippen LogP contribution in [0.2, 0.25) is 0 Å². The summed E-state index contributed by atoms with van der Waals surface area (Å²) in [6.45, 7) is 5.79. The molecular formula is C22H26FNO4. The Kier molecular flexibility index (Phi) is 5.87. The Balaban J connectivity index is 1.56. The van der Waals surface area contributed by atoms with Gasteiger partial charge in [-0.2, -0.15) is 0 Å². The van der Waals surface area contributed by atoms with Gasteiger partial charge in [-0.05, 0) is 63.4 Å². The molecule has 1 aliphatic carbocycles. The fraction of sp³-hybridized carbons (Fsp3) is 0.455. The van der Waals surface area contributed by atoms with Crippen molar-refractivity contribution in [2.24, 2.45) is 0 Å². The van der Waals surface area contributed by atoms with Crippen molar-refractivity contribution in [1.29, 1.82) is 0 Å². The molecule has 0 unspecified atom stereocenters. The molecular weight excluding hydrogens is 361 g/mol. The maximum absolute atomic E-state index is 13.0. The predicted octanol–water partition coefficient (Wildman–Crippen LogP) is 4.98. The van der Waals surface area contributed by atoms with E-state index in [1.165, 1.54) is 12.1 Å². The third kappa shape index (κ3) is 5.68. The van der Waals surface area contributed by atoms with Crippen LogP contribution in [0.1, 0.15) is 61.9 Å². The van der Waals surface area contributed by atoms with Crippen molar-refractivity contribution in [2.75, 3.05) is 6.54 Å². The second-order valence-electron chi connectivity index (χ2n) is 8.15. The molecule has 5 nitrogen and oxygen atoms in total. The molecule has 2 aromatic rings. The maximum atomic E-state index is 13.0. The van der Waals surface area contributed by atoms with Crippen LogP contribution in [0.5, 0.6) is 0 Å². The number of hydrogen-bond donors (Lipinski definition) is 0. The number of carbonyl (C=O) groups excluding carboxylic acids is 2. The molecule has 1 aromatic carbocycles. The summed E-state index contributed by atoms with van der Waals surface area (Å²) >= 11 is 0. The summed E-state index contributed by atoms with van der Waals surface area (Å²) in [5.74, 6) is 0.474. The number of rotatable bonds is 7. The zero-order valence-electron chi connectivity index (χ0n) is 16.5. The summed E-state index contributed by atoms with van der Waals surface area (Å²) in [5.41, 5.74) is 0.337. The first-order valence-electron chi connectivity index (χ1n) is 9.57. The molecule has 0 aliphatic heterocycles. The van der Waals surface area contributed by atoms with Crippen molar-refractivity contribution in [3.63, 3.8) is 0 Å². The minimum absolute atomic E-state index is 0.153. The number of ketones is 1. The number of furan rings is 1. The number of Topliss-reactive ketones (excluding diaryl/α,β-unsaturated/α-hetero) is 1. The van der Waals surface area contributed by atoms with E-state index in [2.05, 4.69) is 0 Å². The van der Waals surface area contributed by atoms with E-state index in [1.54, 1.807) is 29.2 Å². The Morgan fingerprint density at radius 1 is 1.14 bits per heavy atom. The molecule has 0 atom stereocenters. The summed E-state index contributed by atoms with van der Waals surface area (Å²) in [4.78, 5) is 26.5. The van der Waals surface area contributed by atoms with E-state index < -0.39 is 5.60 Å². The Hall–Kier alpha value is -2.63. The van der Waals surface area contributed by atoms with Crippen LogP contribution in [0.3, 0.4) is 0 Å². The molecule has 1 aromatic heterocycles. The summed E-state index contributed by atoms with van der Waals surface area (Å²) < 4.78 is 24.1. The Labute approximate surface area is 164 Å². The number of benzene rings is 1. The van der Waals surface area contributed by atoms with E-state index in [9.17, 15) is 14.0 Å². The fourth-order valence-corrected chi connectivity index (χ4v) is 2.90. The van der Waals surface area contributed by atoms with Crippen LogP contribution < -0.4 is 0 Å². The summed E-state index contributed by atoms with van der Waals surface area (Å²) in [5, 5.41) is 0. The first-order valence-corrected chi connectivity index (χ1v) is 9.57. The highest BCUT2D eigenvalue weighted by molar-refractivity contribution is 5.93. The largest absolute Gasteiger partial charge is 0.458 e. The number of carbonyl (C=O) groups is 2. The lowest BCUT2D eigenvalue weighted by molar-refractivity contribution is 0.0233.